The third-order valence-electron chi connectivity index (χ3n) is 6.50. The molecule has 0 aliphatic carbocycles. The van der Waals surface area contributed by atoms with Crippen molar-refractivity contribution in [1.29, 1.82) is 0 Å². The van der Waals surface area contributed by atoms with Crippen LogP contribution in [0.1, 0.15) is 28.9 Å². The Morgan fingerprint density at radius 3 is 2.49 bits per heavy atom. The van der Waals surface area contributed by atoms with Gasteiger partial charge in [-0.05, 0) is 58.1 Å². The number of carbonyl (C=O) groups is 1. The third kappa shape index (κ3) is 4.90. The van der Waals surface area contributed by atoms with Crippen LogP contribution in [0.25, 0.3) is 34.3 Å². The molecule has 37 heavy (non-hydrogen) atoms. The second kappa shape index (κ2) is 10.0. The van der Waals surface area contributed by atoms with Gasteiger partial charge in [0.15, 0.2) is 0 Å². The molecule has 5 rings (SSSR count). The second-order valence-electron chi connectivity index (χ2n) is 9.11. The highest BCUT2D eigenvalue weighted by molar-refractivity contribution is 5.95. The normalized spacial score (nSPS) is 14.2. The number of nitrogens with zero attached hydrogens (tertiary/aromatic N) is 6. The Morgan fingerprint density at radius 1 is 1.14 bits per heavy atom. The summed E-state index contributed by atoms with van der Waals surface area (Å²) in [6, 6.07) is 13.5. The summed E-state index contributed by atoms with van der Waals surface area (Å²) in [5, 5.41) is 8.07. The highest BCUT2D eigenvalue weighted by Gasteiger charge is 2.29. The highest BCUT2D eigenvalue weighted by Crippen LogP contribution is 2.29. The zero-order valence-corrected chi connectivity index (χ0v) is 20.6. The van der Waals surface area contributed by atoms with Crippen molar-refractivity contribution in [3.63, 3.8) is 0 Å². The Hall–Kier alpha value is -4.23. The second-order valence-corrected chi connectivity index (χ2v) is 9.11. The molecule has 1 aliphatic rings. The molecule has 8 nitrogen and oxygen atoms in total. The van der Waals surface area contributed by atoms with Crippen LogP contribution < -0.4 is 0 Å². The number of piperidine rings is 1. The molecule has 0 spiro atoms. The van der Waals surface area contributed by atoms with Crippen molar-refractivity contribution in [3.8, 4) is 34.3 Å². The van der Waals surface area contributed by atoms with Gasteiger partial charge >= 0.3 is 0 Å². The molecule has 2 aromatic carbocycles. The van der Waals surface area contributed by atoms with Crippen LogP contribution in [0, 0.1) is 30.7 Å². The maximum absolute atomic E-state index is 15.1. The minimum Gasteiger partial charge on any atom is -0.414 e. The number of aryl methyl sites for hydroxylation is 1. The molecule has 0 unspecified atom stereocenters. The van der Waals surface area contributed by atoms with E-state index in [2.05, 4.69) is 37.2 Å². The van der Waals surface area contributed by atoms with Gasteiger partial charge in [-0.3, -0.25) is 9.78 Å². The smallest absolute Gasteiger partial charge is 0.268 e. The molecule has 1 saturated heterocycles. The quantitative estimate of drug-likeness (QED) is 0.404. The van der Waals surface area contributed by atoms with E-state index in [0.29, 0.717) is 30.4 Å². The van der Waals surface area contributed by atoms with E-state index < -0.39 is 23.1 Å². The number of carbonyl (C=O) groups excluding carboxylic acids is 1. The number of aromatic nitrogens is 4. The van der Waals surface area contributed by atoms with Gasteiger partial charge in [0.1, 0.15) is 22.9 Å². The minimum atomic E-state index is -0.949. The number of hydrogen-bond acceptors (Lipinski definition) is 7. The Bertz CT molecular complexity index is 1410. The van der Waals surface area contributed by atoms with Crippen molar-refractivity contribution >= 4 is 5.91 Å². The Balaban J connectivity index is 1.41. The Labute approximate surface area is 213 Å². The van der Waals surface area contributed by atoms with E-state index in [9.17, 15) is 4.79 Å². The van der Waals surface area contributed by atoms with Crippen molar-refractivity contribution < 1.29 is 18.0 Å². The fourth-order valence-corrected chi connectivity index (χ4v) is 4.37. The molecule has 2 aromatic heterocycles. The van der Waals surface area contributed by atoms with Crippen molar-refractivity contribution in [2.24, 2.45) is 0 Å². The molecule has 1 fully saturated rings. The number of hydrogen-bond donors (Lipinski definition) is 0. The van der Waals surface area contributed by atoms with Gasteiger partial charge in [-0.25, -0.2) is 13.8 Å². The van der Waals surface area contributed by atoms with Crippen molar-refractivity contribution in [2.45, 2.75) is 25.8 Å². The molecular formula is C27H24F2N6O2. The summed E-state index contributed by atoms with van der Waals surface area (Å²) >= 11 is 0. The van der Waals surface area contributed by atoms with Crippen LogP contribution in [0.5, 0.6) is 0 Å². The van der Waals surface area contributed by atoms with Gasteiger partial charge in [0.05, 0.1) is 23.1 Å². The summed E-state index contributed by atoms with van der Waals surface area (Å²) in [5.74, 6) is -2.21. The molecule has 1 amide bonds. The topological polar surface area (TPSA) is 88.3 Å². The van der Waals surface area contributed by atoms with E-state index in [1.807, 2.05) is 14.1 Å². The first-order chi connectivity index (χ1) is 17.8. The highest BCUT2D eigenvalue weighted by atomic mass is 19.1. The van der Waals surface area contributed by atoms with Gasteiger partial charge < -0.3 is 14.2 Å². The summed E-state index contributed by atoms with van der Waals surface area (Å²) in [6.07, 6.45) is 2.90. The van der Waals surface area contributed by atoms with Gasteiger partial charge in [0.2, 0.25) is 0 Å². The molecule has 3 heterocycles. The first kappa shape index (κ1) is 24.5. The average molecular weight is 503 g/mol. The Morgan fingerprint density at radius 2 is 1.84 bits per heavy atom. The molecule has 0 bridgehead atoms. The first-order valence-electron chi connectivity index (χ1n) is 11.8. The fraction of sp³-hybridized carbons (Fsp3) is 0.296. The maximum atomic E-state index is 15.1. The van der Waals surface area contributed by atoms with Gasteiger partial charge in [-0.1, -0.05) is 18.2 Å². The van der Waals surface area contributed by atoms with Crippen molar-refractivity contribution in [1.82, 2.24) is 30.0 Å². The molecular weight excluding hydrogens is 478 g/mol. The molecule has 0 radical (unpaired) electrons. The van der Waals surface area contributed by atoms with Crippen LogP contribution >= 0.6 is 0 Å². The predicted octanol–water partition coefficient (Wildman–Crippen LogP) is 4.21. The summed E-state index contributed by atoms with van der Waals surface area (Å²) < 4.78 is 36.0. The minimum absolute atomic E-state index is 0.105. The van der Waals surface area contributed by atoms with Gasteiger partial charge in [-0.2, -0.15) is 0 Å². The lowest BCUT2D eigenvalue weighted by atomic mass is 10.0. The van der Waals surface area contributed by atoms with E-state index in [1.165, 1.54) is 11.1 Å². The summed E-state index contributed by atoms with van der Waals surface area (Å²) in [6.45, 7) is 2.60. The number of likely N-dealkylation sites (tertiary alicyclic amines) is 1. The van der Waals surface area contributed by atoms with Crippen LogP contribution in [-0.2, 0) is 0 Å². The molecule has 1 aliphatic heterocycles. The third-order valence-corrected chi connectivity index (χ3v) is 6.50. The molecule has 0 saturated carbocycles. The van der Waals surface area contributed by atoms with Gasteiger partial charge in [-0.15, -0.1) is 10.2 Å². The average Bonchev–Trinajstić information content (AvgIpc) is 3.39. The fourth-order valence-electron chi connectivity index (χ4n) is 4.37. The molecule has 10 heteroatoms. The first-order valence-corrected chi connectivity index (χ1v) is 11.8. The number of amides is 1. The summed E-state index contributed by atoms with van der Waals surface area (Å²) in [4.78, 5) is 25.3. The van der Waals surface area contributed by atoms with Crippen LogP contribution in [0.3, 0.4) is 0 Å². The number of halogens is 2. The molecule has 0 N–H and O–H groups in total. The van der Waals surface area contributed by atoms with E-state index >= 15 is 8.78 Å². The van der Waals surface area contributed by atoms with Gasteiger partial charge in [0, 0.05) is 24.7 Å². The standard InChI is InChI=1S/C27H24F2N6O2/c1-16-24(26-33-32-25(37-26)17-7-5-4-6-8-17)31-22(15-30-16)18-13-20(28)23(21(29)14-18)27(36)35-11-9-19(10-12-35)34(2)3/h4-5,7,13-15,19H,9-12H2,1-3H3. The monoisotopic (exact) mass is 502 g/mol. The lowest BCUT2D eigenvalue weighted by Crippen LogP contribution is -2.44. The van der Waals surface area contributed by atoms with Gasteiger partial charge in [0.25, 0.3) is 17.7 Å². The van der Waals surface area contributed by atoms with E-state index in [4.69, 9.17) is 4.42 Å². The maximum Gasteiger partial charge on any atom is 0.268 e. The zero-order valence-electron chi connectivity index (χ0n) is 20.6. The molecule has 4 aromatic rings. The lowest BCUT2D eigenvalue weighted by molar-refractivity contribution is 0.0653. The number of rotatable bonds is 5. The van der Waals surface area contributed by atoms with Crippen LogP contribution in [0.4, 0.5) is 8.78 Å². The SMILES string of the molecule is Cc1ncc(-c2cc(F)c(C(=O)N3CCC(N(C)C)CC3)c(F)c2)nc1-c1nnc(-c2c#cccc2)o1. The Kier molecular flexibility index (Phi) is 6.63. The largest absolute Gasteiger partial charge is 0.414 e. The molecule has 0 atom stereocenters. The van der Waals surface area contributed by atoms with E-state index in [-0.39, 0.29) is 28.7 Å². The van der Waals surface area contributed by atoms with E-state index in [0.717, 1.165) is 25.0 Å². The zero-order chi connectivity index (χ0) is 26.1. The van der Waals surface area contributed by atoms with Crippen LogP contribution in [0.2, 0.25) is 0 Å². The number of benzene rings is 1. The summed E-state index contributed by atoms with van der Waals surface area (Å²) in [7, 11) is 3.97. The molecule has 188 valence electrons. The van der Waals surface area contributed by atoms with Crippen molar-refractivity contribution in [3.05, 3.63) is 71.6 Å². The predicted molar refractivity (Wildman–Crippen MR) is 131 cm³/mol. The van der Waals surface area contributed by atoms with Crippen molar-refractivity contribution in [2.75, 3.05) is 27.2 Å². The van der Waals surface area contributed by atoms with Crippen LogP contribution in [0.15, 0.2) is 40.9 Å². The van der Waals surface area contributed by atoms with Crippen LogP contribution in [-0.4, -0.2) is 69.1 Å². The lowest BCUT2D eigenvalue weighted by Gasteiger charge is -2.35. The summed E-state index contributed by atoms with van der Waals surface area (Å²) in [5.41, 5.74) is 1.11. The van der Waals surface area contributed by atoms with E-state index in [1.54, 1.807) is 25.1 Å².